The number of nitrogens with one attached hydrogen (secondary N) is 2. The van der Waals surface area contributed by atoms with E-state index in [1.54, 1.807) is 12.1 Å². The average molecular weight is 467 g/mol. The Labute approximate surface area is 195 Å². The monoisotopic (exact) mass is 466 g/mol. The van der Waals surface area contributed by atoms with E-state index in [0.29, 0.717) is 22.7 Å². The highest BCUT2D eigenvalue weighted by molar-refractivity contribution is 6.31. The van der Waals surface area contributed by atoms with Crippen molar-refractivity contribution in [2.75, 3.05) is 11.9 Å². The number of benzene rings is 2. The van der Waals surface area contributed by atoms with Gasteiger partial charge in [0.25, 0.3) is 0 Å². The van der Waals surface area contributed by atoms with Gasteiger partial charge in [-0.1, -0.05) is 41.9 Å². The molecule has 3 aliphatic heterocycles. The molecule has 170 valence electrons. The van der Waals surface area contributed by atoms with Gasteiger partial charge < -0.3 is 11.1 Å². The highest BCUT2D eigenvalue weighted by Crippen LogP contribution is 2.54. The number of nitrogens with two attached hydrogens (primary N) is 1. The van der Waals surface area contributed by atoms with Crippen LogP contribution in [0.4, 0.5) is 5.69 Å². The molecule has 2 unspecified atom stereocenters. The maximum Gasteiger partial charge on any atom is 0.250 e. The molecule has 2 saturated heterocycles. The second-order valence-corrected chi connectivity index (χ2v) is 9.33. The molecule has 0 radical (unpaired) electrons. The fourth-order valence-electron chi connectivity index (χ4n) is 5.59. The largest absolute Gasteiger partial charge is 0.370 e. The summed E-state index contributed by atoms with van der Waals surface area (Å²) in [5.41, 5.74) is 6.79. The van der Waals surface area contributed by atoms with Crippen LogP contribution < -0.4 is 16.4 Å². The van der Waals surface area contributed by atoms with Gasteiger partial charge in [0.05, 0.1) is 11.8 Å². The zero-order chi connectivity index (χ0) is 23.5. The number of carbonyl (C=O) groups excluding carboxylic acids is 4. The van der Waals surface area contributed by atoms with E-state index in [2.05, 4.69) is 10.6 Å². The lowest BCUT2D eigenvalue weighted by Gasteiger charge is -2.29. The molecular weight excluding hydrogens is 444 g/mol. The zero-order valence-corrected chi connectivity index (χ0v) is 18.7. The molecule has 2 aromatic carbocycles. The number of halogens is 1. The number of anilines is 1. The van der Waals surface area contributed by atoms with Gasteiger partial charge in [-0.2, -0.15) is 0 Å². The van der Waals surface area contributed by atoms with Crippen LogP contribution in [0.1, 0.15) is 23.1 Å². The van der Waals surface area contributed by atoms with Gasteiger partial charge in [-0.3, -0.25) is 29.4 Å². The van der Waals surface area contributed by atoms with Crippen LogP contribution in [0.2, 0.25) is 5.02 Å². The van der Waals surface area contributed by atoms with E-state index in [-0.39, 0.29) is 13.0 Å². The number of aryl methyl sites for hydroxylation is 1. The third kappa shape index (κ3) is 3.16. The van der Waals surface area contributed by atoms with Crippen LogP contribution in [0.5, 0.6) is 0 Å². The molecule has 33 heavy (non-hydrogen) atoms. The minimum absolute atomic E-state index is 0.170. The first-order valence-corrected chi connectivity index (χ1v) is 11.2. The van der Waals surface area contributed by atoms with Gasteiger partial charge in [0, 0.05) is 35.3 Å². The molecule has 0 saturated carbocycles. The van der Waals surface area contributed by atoms with Crippen molar-refractivity contribution in [3.63, 3.8) is 0 Å². The van der Waals surface area contributed by atoms with Gasteiger partial charge in [-0.25, -0.2) is 0 Å². The molecule has 1 spiro atoms. The maximum atomic E-state index is 13.7. The summed E-state index contributed by atoms with van der Waals surface area (Å²) in [5, 5.41) is 6.45. The summed E-state index contributed by atoms with van der Waals surface area (Å²) >= 11 is 6.31. The van der Waals surface area contributed by atoms with Crippen LogP contribution in [-0.2, 0) is 31.1 Å². The van der Waals surface area contributed by atoms with E-state index in [9.17, 15) is 19.2 Å². The van der Waals surface area contributed by atoms with Gasteiger partial charge in [0.1, 0.15) is 5.54 Å². The second-order valence-electron chi connectivity index (χ2n) is 8.90. The molecule has 0 bridgehead atoms. The standard InChI is InChI=1S/C24H23ClN4O4/c1-12-9-14(25)10-15-20(12)27-23(33)24(15)19-18(16(28-24)11-17(26)30)21(31)29(22(19)32)8-7-13-5-3-2-4-6-13/h2-6,9-10,16,18-19,28H,7-8,11H2,1H3,(H2,26,30)(H,27,33)/t16?,18-,19+,24?/m1/s1. The van der Waals surface area contributed by atoms with Crippen molar-refractivity contribution in [2.24, 2.45) is 17.6 Å². The summed E-state index contributed by atoms with van der Waals surface area (Å²) in [6, 6.07) is 12.2. The molecule has 0 aromatic heterocycles. The molecule has 4 N–H and O–H groups in total. The van der Waals surface area contributed by atoms with Crippen molar-refractivity contribution in [3.8, 4) is 0 Å². The quantitative estimate of drug-likeness (QED) is 0.576. The molecule has 2 fully saturated rings. The number of primary amides is 1. The van der Waals surface area contributed by atoms with Crippen molar-refractivity contribution >= 4 is 40.9 Å². The Morgan fingerprint density at radius 3 is 2.58 bits per heavy atom. The van der Waals surface area contributed by atoms with Crippen LogP contribution in [0, 0.1) is 18.8 Å². The molecular formula is C24H23ClN4O4. The summed E-state index contributed by atoms with van der Waals surface area (Å²) in [7, 11) is 0. The number of imide groups is 1. The molecule has 4 atom stereocenters. The van der Waals surface area contributed by atoms with E-state index in [0.717, 1.165) is 11.1 Å². The van der Waals surface area contributed by atoms with Crippen molar-refractivity contribution in [1.82, 2.24) is 10.2 Å². The van der Waals surface area contributed by atoms with E-state index in [4.69, 9.17) is 17.3 Å². The topological polar surface area (TPSA) is 122 Å². The minimum atomic E-state index is -1.50. The predicted octanol–water partition coefficient (Wildman–Crippen LogP) is 1.49. The van der Waals surface area contributed by atoms with Crippen molar-refractivity contribution in [2.45, 2.75) is 31.3 Å². The SMILES string of the molecule is Cc1cc(Cl)cc2c1NC(=O)C21NC(CC(N)=O)[C@H]2C(=O)N(CCc3ccccc3)C(=O)[C@H]21. The third-order valence-corrected chi connectivity index (χ3v) is 7.18. The van der Waals surface area contributed by atoms with E-state index >= 15 is 0 Å². The number of hydrogen-bond donors (Lipinski definition) is 3. The van der Waals surface area contributed by atoms with Gasteiger partial charge in [-0.15, -0.1) is 0 Å². The Morgan fingerprint density at radius 1 is 1.15 bits per heavy atom. The lowest BCUT2D eigenvalue weighted by Crippen LogP contribution is -2.53. The second kappa shape index (κ2) is 7.67. The summed E-state index contributed by atoms with van der Waals surface area (Å²) < 4.78 is 0. The summed E-state index contributed by atoms with van der Waals surface area (Å²) in [4.78, 5) is 53.6. The molecule has 0 aliphatic carbocycles. The van der Waals surface area contributed by atoms with Gasteiger partial charge >= 0.3 is 0 Å². The van der Waals surface area contributed by atoms with Gasteiger partial charge in [0.15, 0.2) is 0 Å². The fraction of sp³-hybridized carbons (Fsp3) is 0.333. The Morgan fingerprint density at radius 2 is 1.88 bits per heavy atom. The average Bonchev–Trinajstić information content (AvgIpc) is 3.33. The summed E-state index contributed by atoms with van der Waals surface area (Å²) in [6.07, 6.45) is 0.322. The van der Waals surface area contributed by atoms with Gasteiger partial charge in [-0.05, 0) is 36.6 Å². The molecule has 5 rings (SSSR count). The first-order chi connectivity index (χ1) is 15.7. The molecule has 3 aliphatic rings. The zero-order valence-electron chi connectivity index (χ0n) is 17.9. The number of amides is 4. The maximum absolute atomic E-state index is 13.7. The normalized spacial score (nSPS) is 27.8. The van der Waals surface area contributed by atoms with E-state index < -0.39 is 47.0 Å². The number of carbonyl (C=O) groups is 4. The Bertz CT molecular complexity index is 1200. The van der Waals surface area contributed by atoms with Crippen LogP contribution in [0.15, 0.2) is 42.5 Å². The minimum Gasteiger partial charge on any atom is -0.370 e. The number of likely N-dealkylation sites (tertiary alicyclic amines) is 1. The van der Waals surface area contributed by atoms with Gasteiger partial charge in [0.2, 0.25) is 23.6 Å². The third-order valence-electron chi connectivity index (χ3n) is 6.97. The van der Waals surface area contributed by atoms with Crippen molar-refractivity contribution < 1.29 is 19.2 Å². The molecule has 3 heterocycles. The number of nitrogens with zero attached hydrogens (tertiary/aromatic N) is 1. The highest BCUT2D eigenvalue weighted by atomic mass is 35.5. The van der Waals surface area contributed by atoms with Crippen molar-refractivity contribution in [3.05, 3.63) is 64.2 Å². The fourth-order valence-corrected chi connectivity index (χ4v) is 5.86. The first-order valence-electron chi connectivity index (χ1n) is 10.8. The molecule has 4 amide bonds. The van der Waals surface area contributed by atoms with Crippen LogP contribution in [0.25, 0.3) is 0 Å². The van der Waals surface area contributed by atoms with Crippen molar-refractivity contribution in [1.29, 1.82) is 0 Å². The van der Waals surface area contributed by atoms with Crippen LogP contribution in [0.3, 0.4) is 0 Å². The Kier molecular flexibility index (Phi) is 5.02. The summed E-state index contributed by atoms with van der Waals surface area (Å²) in [6.45, 7) is 2.00. The molecule has 8 nitrogen and oxygen atoms in total. The predicted molar refractivity (Wildman–Crippen MR) is 121 cm³/mol. The first kappa shape index (κ1) is 21.6. The van der Waals surface area contributed by atoms with Crippen LogP contribution in [-0.4, -0.2) is 41.1 Å². The van der Waals surface area contributed by atoms with E-state index in [1.165, 1.54) is 4.90 Å². The Balaban J connectivity index is 1.57. The highest BCUT2D eigenvalue weighted by Gasteiger charge is 2.70. The summed E-state index contributed by atoms with van der Waals surface area (Å²) in [5.74, 6) is -3.75. The number of fused-ring (bicyclic) bond motifs is 4. The van der Waals surface area contributed by atoms with E-state index in [1.807, 2.05) is 37.3 Å². The lowest BCUT2D eigenvalue weighted by atomic mass is 9.76. The van der Waals surface area contributed by atoms with Crippen LogP contribution >= 0.6 is 11.6 Å². The lowest BCUT2D eigenvalue weighted by molar-refractivity contribution is -0.142. The number of rotatable bonds is 5. The Hall–Kier alpha value is -3.23. The number of hydrogen-bond acceptors (Lipinski definition) is 5. The smallest absolute Gasteiger partial charge is 0.250 e. The molecule has 9 heteroatoms. The molecule has 2 aromatic rings.